The Bertz CT molecular complexity index is 944. The quantitative estimate of drug-likeness (QED) is 0.495. The van der Waals surface area contributed by atoms with Gasteiger partial charge in [0.1, 0.15) is 11.5 Å². The molecule has 0 saturated heterocycles. The fourth-order valence-electron chi connectivity index (χ4n) is 2.33. The summed E-state index contributed by atoms with van der Waals surface area (Å²) in [7, 11) is 0. The maximum absolute atomic E-state index is 12.1. The van der Waals surface area contributed by atoms with E-state index in [0.29, 0.717) is 17.2 Å². The molecule has 0 aliphatic rings. The fourth-order valence-corrected chi connectivity index (χ4v) is 2.33. The van der Waals surface area contributed by atoms with E-state index in [-0.39, 0.29) is 18.0 Å². The summed E-state index contributed by atoms with van der Waals surface area (Å²) in [6, 6.07) is 22.1. The number of amides is 1. The van der Waals surface area contributed by atoms with Crippen LogP contribution in [-0.4, -0.2) is 17.4 Å². The summed E-state index contributed by atoms with van der Waals surface area (Å²) >= 11 is 0. The largest absolute Gasteiger partial charge is 0.477 e. The molecule has 3 aromatic rings. The van der Waals surface area contributed by atoms with Gasteiger partial charge in [0.2, 0.25) is 0 Å². The van der Waals surface area contributed by atoms with Crippen LogP contribution in [0.4, 0.5) is 11.4 Å². The van der Waals surface area contributed by atoms with Gasteiger partial charge in [0, 0.05) is 17.8 Å². The molecule has 0 fully saturated rings. The van der Waals surface area contributed by atoms with Gasteiger partial charge in [0.15, 0.2) is 12.4 Å². The smallest absolute Gasteiger partial charge is 0.310 e. The van der Waals surface area contributed by atoms with Gasteiger partial charge >= 0.3 is 5.69 Å². The van der Waals surface area contributed by atoms with Gasteiger partial charge in [-0.1, -0.05) is 36.4 Å². The van der Waals surface area contributed by atoms with Crippen LogP contribution in [0.3, 0.4) is 0 Å². The number of nitro groups is 1. The zero-order chi connectivity index (χ0) is 19.1. The first-order chi connectivity index (χ1) is 13.1. The van der Waals surface area contributed by atoms with Gasteiger partial charge in [-0.2, -0.15) is 0 Å². The van der Waals surface area contributed by atoms with Crippen molar-refractivity contribution in [2.45, 2.75) is 0 Å². The van der Waals surface area contributed by atoms with E-state index in [1.165, 1.54) is 18.2 Å². The first kappa shape index (κ1) is 17.9. The maximum Gasteiger partial charge on any atom is 0.310 e. The molecule has 1 amide bonds. The molecule has 27 heavy (non-hydrogen) atoms. The molecule has 0 aliphatic heterocycles. The van der Waals surface area contributed by atoms with Crippen molar-refractivity contribution in [1.82, 2.24) is 0 Å². The molecule has 0 spiro atoms. The number of rotatable bonds is 7. The number of nitrogens with one attached hydrogen (secondary N) is 1. The minimum absolute atomic E-state index is 0.0406. The standard InChI is InChI=1S/C20H16N2O5/c23-20(14-26-19-12-5-4-11-18(19)22(24)25)21-15-7-6-10-17(13-15)27-16-8-2-1-3-9-16/h1-13H,14H2,(H,21,23). The normalized spacial score (nSPS) is 10.1. The molecule has 3 aromatic carbocycles. The van der Waals surface area contributed by atoms with Crippen LogP contribution < -0.4 is 14.8 Å². The van der Waals surface area contributed by atoms with Gasteiger partial charge in [0.05, 0.1) is 4.92 Å². The molecule has 0 aliphatic carbocycles. The highest BCUT2D eigenvalue weighted by molar-refractivity contribution is 5.92. The summed E-state index contributed by atoms with van der Waals surface area (Å²) in [5.74, 6) is 0.850. The van der Waals surface area contributed by atoms with E-state index in [9.17, 15) is 14.9 Å². The van der Waals surface area contributed by atoms with Gasteiger partial charge in [-0.15, -0.1) is 0 Å². The van der Waals surface area contributed by atoms with Gasteiger partial charge in [0.25, 0.3) is 5.91 Å². The minimum Gasteiger partial charge on any atom is -0.477 e. The third-order valence-corrected chi connectivity index (χ3v) is 3.52. The van der Waals surface area contributed by atoms with Crippen molar-refractivity contribution >= 4 is 17.3 Å². The van der Waals surface area contributed by atoms with Crippen molar-refractivity contribution in [2.24, 2.45) is 0 Å². The third kappa shape index (κ3) is 5.05. The van der Waals surface area contributed by atoms with Crippen molar-refractivity contribution in [2.75, 3.05) is 11.9 Å². The van der Waals surface area contributed by atoms with Crippen LogP contribution >= 0.6 is 0 Å². The zero-order valence-corrected chi connectivity index (χ0v) is 14.2. The van der Waals surface area contributed by atoms with E-state index < -0.39 is 10.8 Å². The number of carbonyl (C=O) groups is 1. The van der Waals surface area contributed by atoms with Crippen molar-refractivity contribution < 1.29 is 19.2 Å². The number of ether oxygens (including phenoxy) is 2. The Kier molecular flexibility index (Phi) is 5.64. The van der Waals surface area contributed by atoms with Crippen LogP contribution in [0.1, 0.15) is 0 Å². The lowest BCUT2D eigenvalue weighted by molar-refractivity contribution is -0.385. The summed E-state index contributed by atoms with van der Waals surface area (Å²) in [4.78, 5) is 22.5. The first-order valence-electron chi connectivity index (χ1n) is 8.11. The average Bonchev–Trinajstić information content (AvgIpc) is 2.67. The van der Waals surface area contributed by atoms with Crippen molar-refractivity contribution in [1.29, 1.82) is 0 Å². The predicted molar refractivity (Wildman–Crippen MR) is 100 cm³/mol. The number of benzene rings is 3. The number of nitro benzene ring substituents is 1. The number of hydrogen-bond acceptors (Lipinski definition) is 5. The van der Waals surface area contributed by atoms with Crippen molar-refractivity contribution in [3.8, 4) is 17.2 Å². The van der Waals surface area contributed by atoms with E-state index in [1.54, 1.807) is 30.3 Å². The molecule has 0 unspecified atom stereocenters. The highest BCUT2D eigenvalue weighted by Crippen LogP contribution is 2.26. The van der Waals surface area contributed by atoms with Crippen molar-refractivity contribution in [3.63, 3.8) is 0 Å². The average molecular weight is 364 g/mol. The Hall–Kier alpha value is -3.87. The molecule has 0 saturated carbocycles. The molecule has 3 rings (SSSR count). The second kappa shape index (κ2) is 8.48. The molecule has 1 N–H and O–H groups in total. The van der Waals surface area contributed by atoms with E-state index >= 15 is 0 Å². The van der Waals surface area contributed by atoms with Crippen LogP contribution in [0.5, 0.6) is 17.2 Å². The second-order valence-electron chi connectivity index (χ2n) is 5.50. The van der Waals surface area contributed by atoms with Crippen LogP contribution in [0.15, 0.2) is 78.9 Å². The summed E-state index contributed by atoms with van der Waals surface area (Å²) in [5, 5.41) is 13.6. The molecule has 0 aromatic heterocycles. The topological polar surface area (TPSA) is 90.7 Å². The maximum atomic E-state index is 12.1. The third-order valence-electron chi connectivity index (χ3n) is 3.52. The van der Waals surface area contributed by atoms with Crippen LogP contribution in [0, 0.1) is 10.1 Å². The monoisotopic (exact) mass is 364 g/mol. The molecule has 0 heterocycles. The molecular formula is C20H16N2O5. The van der Waals surface area contributed by atoms with E-state index in [4.69, 9.17) is 9.47 Å². The number of hydrogen-bond donors (Lipinski definition) is 1. The lowest BCUT2D eigenvalue weighted by Crippen LogP contribution is -2.20. The fraction of sp³-hybridized carbons (Fsp3) is 0.0500. The molecule has 0 bridgehead atoms. The van der Waals surface area contributed by atoms with Crippen molar-refractivity contribution in [3.05, 3.63) is 89.0 Å². The van der Waals surface area contributed by atoms with Gasteiger partial charge < -0.3 is 14.8 Å². The summed E-state index contributed by atoms with van der Waals surface area (Å²) in [6.07, 6.45) is 0. The number of anilines is 1. The first-order valence-corrected chi connectivity index (χ1v) is 8.11. The molecule has 0 radical (unpaired) electrons. The Morgan fingerprint density at radius 2 is 1.63 bits per heavy atom. The second-order valence-corrected chi connectivity index (χ2v) is 5.50. The lowest BCUT2D eigenvalue weighted by Gasteiger charge is -2.10. The Balaban J connectivity index is 1.60. The molecule has 7 nitrogen and oxygen atoms in total. The van der Waals surface area contributed by atoms with Crippen LogP contribution in [0.2, 0.25) is 0 Å². The number of nitrogens with zero attached hydrogens (tertiary/aromatic N) is 1. The van der Waals surface area contributed by atoms with Gasteiger partial charge in [-0.3, -0.25) is 14.9 Å². The highest BCUT2D eigenvalue weighted by Gasteiger charge is 2.15. The van der Waals surface area contributed by atoms with Gasteiger partial charge in [-0.25, -0.2) is 0 Å². The minimum atomic E-state index is -0.558. The highest BCUT2D eigenvalue weighted by atomic mass is 16.6. The summed E-state index contributed by atoms with van der Waals surface area (Å²) in [5.41, 5.74) is 0.336. The molecule has 7 heteroatoms. The predicted octanol–water partition coefficient (Wildman–Crippen LogP) is 4.40. The zero-order valence-electron chi connectivity index (χ0n) is 14.2. The number of para-hydroxylation sites is 3. The Morgan fingerprint density at radius 1 is 0.926 bits per heavy atom. The molecule has 136 valence electrons. The summed E-state index contributed by atoms with van der Waals surface area (Å²) < 4.78 is 11.0. The van der Waals surface area contributed by atoms with E-state index in [2.05, 4.69) is 5.32 Å². The lowest BCUT2D eigenvalue weighted by atomic mass is 10.3. The van der Waals surface area contributed by atoms with Crippen LogP contribution in [-0.2, 0) is 4.79 Å². The molecule has 0 atom stereocenters. The Morgan fingerprint density at radius 3 is 2.41 bits per heavy atom. The number of carbonyl (C=O) groups excluding carboxylic acids is 1. The summed E-state index contributed by atoms with van der Waals surface area (Å²) in [6.45, 7) is -0.353. The van der Waals surface area contributed by atoms with Gasteiger partial charge in [-0.05, 0) is 30.3 Å². The SMILES string of the molecule is O=C(COc1ccccc1[N+](=O)[O-])Nc1cccc(Oc2ccccc2)c1. The Labute approximate surface area is 155 Å². The van der Waals surface area contributed by atoms with E-state index in [1.807, 2.05) is 30.3 Å². The van der Waals surface area contributed by atoms with E-state index in [0.717, 1.165) is 0 Å². The molecular weight excluding hydrogens is 348 g/mol. The van der Waals surface area contributed by atoms with Crippen LogP contribution in [0.25, 0.3) is 0 Å².